The maximum atomic E-state index is 9.05. The fourth-order valence-electron chi connectivity index (χ4n) is 0.961. The Balaban J connectivity index is 2.53. The second-order valence-electron chi connectivity index (χ2n) is 3.04. The van der Waals surface area contributed by atoms with Crippen LogP contribution in [0.25, 0.3) is 0 Å². The monoisotopic (exact) mass is 227 g/mol. The number of aliphatic hydroxyl groups is 2. The van der Waals surface area contributed by atoms with Crippen LogP contribution in [0.2, 0.25) is 0 Å². The summed E-state index contributed by atoms with van der Waals surface area (Å²) in [6, 6.07) is 6.89. The van der Waals surface area contributed by atoms with Crippen LogP contribution in [0.4, 0.5) is 0 Å². The van der Waals surface area contributed by atoms with Gasteiger partial charge in [0.1, 0.15) is 23.4 Å². The van der Waals surface area contributed by atoms with Crippen molar-refractivity contribution in [3.63, 3.8) is 0 Å². The summed E-state index contributed by atoms with van der Waals surface area (Å²) in [5, 5.41) is 17.6. The molecular formula is C10H13NO3S. The first-order chi connectivity index (χ1) is 7.13. The largest absolute Gasteiger partial charge is 0.491 e. The molecule has 0 amide bonds. The van der Waals surface area contributed by atoms with E-state index in [2.05, 4.69) is 0 Å². The number of ether oxygens (including phenoxy) is 1. The predicted octanol–water partition coefficient (Wildman–Crippen LogP) is 0.0528. The van der Waals surface area contributed by atoms with Crippen LogP contribution in [0.1, 0.15) is 5.56 Å². The van der Waals surface area contributed by atoms with Gasteiger partial charge in [-0.05, 0) is 24.3 Å². The highest BCUT2D eigenvalue weighted by molar-refractivity contribution is 7.80. The van der Waals surface area contributed by atoms with Gasteiger partial charge in [-0.1, -0.05) is 12.2 Å². The number of nitrogens with two attached hydrogens (primary N) is 1. The third-order valence-electron chi connectivity index (χ3n) is 1.79. The van der Waals surface area contributed by atoms with Crippen molar-refractivity contribution < 1.29 is 14.9 Å². The van der Waals surface area contributed by atoms with Crippen LogP contribution in [0, 0.1) is 0 Å². The minimum absolute atomic E-state index is 0.0585. The van der Waals surface area contributed by atoms with Crippen LogP contribution in [0.3, 0.4) is 0 Å². The van der Waals surface area contributed by atoms with Gasteiger partial charge in [0.05, 0.1) is 6.61 Å². The van der Waals surface area contributed by atoms with Gasteiger partial charge in [-0.3, -0.25) is 0 Å². The SMILES string of the molecule is NC(=S)c1ccc(OCC(O)CO)cc1. The molecule has 0 bridgehead atoms. The highest BCUT2D eigenvalue weighted by atomic mass is 32.1. The van der Waals surface area contributed by atoms with Crippen LogP contribution in [-0.2, 0) is 0 Å². The Labute approximate surface area is 93.3 Å². The molecule has 82 valence electrons. The van der Waals surface area contributed by atoms with E-state index in [1.54, 1.807) is 24.3 Å². The van der Waals surface area contributed by atoms with E-state index in [4.69, 9.17) is 32.9 Å². The molecule has 0 aliphatic carbocycles. The van der Waals surface area contributed by atoms with Crippen LogP contribution in [0.5, 0.6) is 5.75 Å². The summed E-state index contributed by atoms with van der Waals surface area (Å²) < 4.78 is 5.20. The molecule has 0 heterocycles. The average Bonchev–Trinajstić information content (AvgIpc) is 2.26. The molecule has 0 spiro atoms. The molecule has 1 atom stereocenters. The Morgan fingerprint density at radius 3 is 2.47 bits per heavy atom. The summed E-state index contributed by atoms with van der Waals surface area (Å²) in [5.74, 6) is 0.600. The summed E-state index contributed by atoms with van der Waals surface area (Å²) in [7, 11) is 0. The van der Waals surface area contributed by atoms with Gasteiger partial charge in [-0.2, -0.15) is 0 Å². The van der Waals surface area contributed by atoms with Crippen LogP contribution in [-0.4, -0.2) is 34.5 Å². The number of hydrogen-bond donors (Lipinski definition) is 3. The number of aliphatic hydroxyl groups excluding tert-OH is 2. The average molecular weight is 227 g/mol. The molecule has 4 nitrogen and oxygen atoms in total. The molecule has 0 fully saturated rings. The summed E-state index contributed by atoms with van der Waals surface area (Å²) in [5.41, 5.74) is 6.19. The normalized spacial score (nSPS) is 12.1. The van der Waals surface area contributed by atoms with Gasteiger partial charge in [-0.25, -0.2) is 0 Å². The lowest BCUT2D eigenvalue weighted by Crippen LogP contribution is -2.21. The van der Waals surface area contributed by atoms with Crippen molar-refractivity contribution in [2.24, 2.45) is 5.73 Å². The Morgan fingerprint density at radius 2 is 2.00 bits per heavy atom. The van der Waals surface area contributed by atoms with Gasteiger partial charge in [0, 0.05) is 5.56 Å². The molecule has 1 aromatic carbocycles. The van der Waals surface area contributed by atoms with E-state index >= 15 is 0 Å². The van der Waals surface area contributed by atoms with E-state index in [-0.39, 0.29) is 13.2 Å². The molecule has 4 N–H and O–H groups in total. The lowest BCUT2D eigenvalue weighted by molar-refractivity contribution is 0.0536. The second kappa shape index (κ2) is 5.65. The summed E-state index contributed by atoms with van der Waals surface area (Å²) in [4.78, 5) is 0.331. The van der Waals surface area contributed by atoms with Crippen molar-refractivity contribution in [1.29, 1.82) is 0 Å². The summed E-state index contributed by atoms with van der Waals surface area (Å²) >= 11 is 4.79. The van der Waals surface area contributed by atoms with Gasteiger partial charge in [0.15, 0.2) is 0 Å². The zero-order chi connectivity index (χ0) is 11.3. The zero-order valence-corrected chi connectivity index (χ0v) is 8.91. The molecule has 1 aromatic rings. The van der Waals surface area contributed by atoms with E-state index < -0.39 is 6.10 Å². The number of thiocarbonyl (C=S) groups is 1. The highest BCUT2D eigenvalue weighted by Gasteiger charge is 2.03. The molecular weight excluding hydrogens is 214 g/mol. The first-order valence-electron chi connectivity index (χ1n) is 4.45. The fraction of sp³-hybridized carbons (Fsp3) is 0.300. The standard InChI is InChI=1S/C10H13NO3S/c11-10(15)7-1-3-9(4-2-7)14-6-8(13)5-12/h1-4,8,12-13H,5-6H2,(H2,11,15). The smallest absolute Gasteiger partial charge is 0.119 e. The van der Waals surface area contributed by atoms with Crippen molar-refractivity contribution in [3.05, 3.63) is 29.8 Å². The van der Waals surface area contributed by atoms with E-state index in [9.17, 15) is 0 Å². The number of rotatable bonds is 5. The van der Waals surface area contributed by atoms with Gasteiger partial charge < -0.3 is 20.7 Å². The summed E-state index contributed by atoms with van der Waals surface area (Å²) in [6.07, 6.45) is -0.861. The maximum Gasteiger partial charge on any atom is 0.119 e. The molecule has 0 saturated carbocycles. The Hall–Kier alpha value is -1.17. The first kappa shape index (κ1) is 11.9. The number of hydrogen-bond acceptors (Lipinski definition) is 4. The van der Waals surface area contributed by atoms with Crippen molar-refractivity contribution in [2.45, 2.75) is 6.10 Å². The van der Waals surface area contributed by atoms with Gasteiger partial charge in [0.25, 0.3) is 0 Å². The molecule has 15 heavy (non-hydrogen) atoms. The Morgan fingerprint density at radius 1 is 1.40 bits per heavy atom. The quantitative estimate of drug-likeness (QED) is 0.620. The van der Waals surface area contributed by atoms with Gasteiger partial charge in [-0.15, -0.1) is 0 Å². The molecule has 0 aliphatic heterocycles. The van der Waals surface area contributed by atoms with Crippen molar-refractivity contribution in [3.8, 4) is 5.75 Å². The third kappa shape index (κ3) is 3.83. The van der Waals surface area contributed by atoms with Crippen LogP contribution in [0.15, 0.2) is 24.3 Å². The summed E-state index contributed by atoms with van der Waals surface area (Å²) in [6.45, 7) is -0.256. The Kier molecular flexibility index (Phi) is 4.48. The first-order valence-corrected chi connectivity index (χ1v) is 4.86. The maximum absolute atomic E-state index is 9.05. The van der Waals surface area contributed by atoms with Crippen molar-refractivity contribution >= 4 is 17.2 Å². The molecule has 0 aliphatic rings. The van der Waals surface area contributed by atoms with Crippen LogP contribution >= 0.6 is 12.2 Å². The van der Waals surface area contributed by atoms with Crippen molar-refractivity contribution in [2.75, 3.05) is 13.2 Å². The molecule has 1 rings (SSSR count). The number of benzene rings is 1. The van der Waals surface area contributed by atoms with Crippen LogP contribution < -0.4 is 10.5 Å². The fourth-order valence-corrected chi connectivity index (χ4v) is 1.10. The molecule has 0 radical (unpaired) electrons. The van der Waals surface area contributed by atoms with Crippen molar-refractivity contribution in [1.82, 2.24) is 0 Å². The Bertz CT molecular complexity index is 326. The van der Waals surface area contributed by atoms with E-state index in [0.717, 1.165) is 5.56 Å². The molecule has 0 saturated heterocycles. The minimum Gasteiger partial charge on any atom is -0.491 e. The third-order valence-corrected chi connectivity index (χ3v) is 2.03. The molecule has 5 heteroatoms. The van der Waals surface area contributed by atoms with E-state index in [0.29, 0.717) is 10.7 Å². The molecule has 0 aromatic heterocycles. The lowest BCUT2D eigenvalue weighted by atomic mass is 10.2. The second-order valence-corrected chi connectivity index (χ2v) is 3.48. The topological polar surface area (TPSA) is 75.7 Å². The zero-order valence-electron chi connectivity index (χ0n) is 8.09. The van der Waals surface area contributed by atoms with E-state index in [1.807, 2.05) is 0 Å². The highest BCUT2D eigenvalue weighted by Crippen LogP contribution is 2.12. The lowest BCUT2D eigenvalue weighted by Gasteiger charge is -2.09. The minimum atomic E-state index is -0.861. The van der Waals surface area contributed by atoms with Gasteiger partial charge >= 0.3 is 0 Å². The van der Waals surface area contributed by atoms with E-state index in [1.165, 1.54) is 0 Å². The molecule has 1 unspecified atom stereocenters. The van der Waals surface area contributed by atoms with Gasteiger partial charge in [0.2, 0.25) is 0 Å². The predicted molar refractivity (Wildman–Crippen MR) is 60.9 cm³/mol.